The van der Waals surface area contributed by atoms with Crippen LogP contribution in [0.4, 0.5) is 0 Å². The summed E-state index contributed by atoms with van der Waals surface area (Å²) in [6, 6.07) is 6.69. The van der Waals surface area contributed by atoms with Gasteiger partial charge in [-0.3, -0.25) is 0 Å². The summed E-state index contributed by atoms with van der Waals surface area (Å²) in [5.41, 5.74) is 8.64. The summed E-state index contributed by atoms with van der Waals surface area (Å²) in [7, 11) is 0. The van der Waals surface area contributed by atoms with Crippen LogP contribution in [-0.4, -0.2) is 12.6 Å². The Kier molecular flexibility index (Phi) is 8.05. The van der Waals surface area contributed by atoms with Gasteiger partial charge in [0.2, 0.25) is 0 Å². The molecule has 0 amide bonds. The van der Waals surface area contributed by atoms with Gasteiger partial charge < -0.3 is 10.5 Å². The van der Waals surface area contributed by atoms with Crippen LogP contribution in [0, 0.1) is 0 Å². The Morgan fingerprint density at radius 1 is 1.22 bits per heavy atom. The lowest BCUT2D eigenvalue weighted by Crippen LogP contribution is -2.22. The van der Waals surface area contributed by atoms with Gasteiger partial charge in [-0.25, -0.2) is 0 Å². The molecular weight excluding hydrogens is 246 g/mol. The molecule has 2 nitrogen and oxygen atoms in total. The molecule has 1 rings (SSSR count). The number of nitrogens with two attached hydrogens (primary N) is 1. The highest BCUT2D eigenvalue weighted by Gasteiger charge is 2.10. The first kappa shape index (κ1) is 17.3. The van der Waals surface area contributed by atoms with Crippen LogP contribution in [-0.2, 0) is 6.42 Å². The molecule has 0 saturated carbocycles. The standard InChI is InChI=1S/C15H25NO.ClH/c1-5-14(16)10-13-9-12(11(3)4)7-8-15(13)17-6-2;/h7-9,11,14H,5-6,10,16H2,1-4H3;1H. The highest BCUT2D eigenvalue weighted by atomic mass is 35.5. The van der Waals surface area contributed by atoms with Crippen LogP contribution in [0.1, 0.15) is 51.2 Å². The van der Waals surface area contributed by atoms with Gasteiger partial charge in [0.05, 0.1) is 6.61 Å². The van der Waals surface area contributed by atoms with Crippen LogP contribution in [0.3, 0.4) is 0 Å². The largest absolute Gasteiger partial charge is 0.494 e. The fourth-order valence-electron chi connectivity index (χ4n) is 1.84. The molecule has 1 aromatic rings. The molecule has 1 unspecified atom stereocenters. The van der Waals surface area contributed by atoms with Crippen molar-refractivity contribution < 1.29 is 4.74 Å². The molecule has 0 aliphatic rings. The van der Waals surface area contributed by atoms with Crippen molar-refractivity contribution in [2.24, 2.45) is 5.73 Å². The van der Waals surface area contributed by atoms with E-state index in [4.69, 9.17) is 10.5 Å². The fraction of sp³-hybridized carbons (Fsp3) is 0.600. The topological polar surface area (TPSA) is 35.2 Å². The van der Waals surface area contributed by atoms with E-state index in [9.17, 15) is 0 Å². The summed E-state index contributed by atoms with van der Waals surface area (Å²) in [6.07, 6.45) is 1.89. The molecule has 0 aliphatic carbocycles. The minimum absolute atomic E-state index is 0. The number of benzene rings is 1. The molecule has 3 heteroatoms. The molecule has 0 fully saturated rings. The Morgan fingerprint density at radius 2 is 1.89 bits per heavy atom. The van der Waals surface area contributed by atoms with Gasteiger partial charge in [-0.1, -0.05) is 32.9 Å². The highest BCUT2D eigenvalue weighted by Crippen LogP contribution is 2.25. The van der Waals surface area contributed by atoms with Crippen LogP contribution in [0.15, 0.2) is 18.2 Å². The van der Waals surface area contributed by atoms with Gasteiger partial charge in [-0.2, -0.15) is 0 Å². The van der Waals surface area contributed by atoms with E-state index >= 15 is 0 Å². The van der Waals surface area contributed by atoms with E-state index in [2.05, 4.69) is 39.0 Å². The molecule has 1 aromatic carbocycles. The summed E-state index contributed by atoms with van der Waals surface area (Å²) in [4.78, 5) is 0. The predicted molar refractivity (Wildman–Crippen MR) is 80.9 cm³/mol. The summed E-state index contributed by atoms with van der Waals surface area (Å²) in [5, 5.41) is 0. The minimum atomic E-state index is 0. The smallest absolute Gasteiger partial charge is 0.122 e. The number of hydrogen-bond donors (Lipinski definition) is 1. The predicted octanol–water partition coefficient (Wildman–Crippen LogP) is 3.91. The van der Waals surface area contributed by atoms with E-state index in [0.717, 1.165) is 18.6 Å². The molecule has 0 heterocycles. The summed E-state index contributed by atoms with van der Waals surface area (Å²) in [5.74, 6) is 1.53. The van der Waals surface area contributed by atoms with Crippen LogP contribution in [0.2, 0.25) is 0 Å². The Balaban J connectivity index is 0.00000289. The number of hydrogen-bond acceptors (Lipinski definition) is 2. The van der Waals surface area contributed by atoms with Crippen LogP contribution in [0.25, 0.3) is 0 Å². The molecule has 0 aromatic heterocycles. The van der Waals surface area contributed by atoms with Crippen molar-refractivity contribution in [1.29, 1.82) is 0 Å². The molecule has 0 radical (unpaired) electrons. The molecule has 1 atom stereocenters. The van der Waals surface area contributed by atoms with Crippen molar-refractivity contribution in [3.63, 3.8) is 0 Å². The molecule has 0 bridgehead atoms. The van der Waals surface area contributed by atoms with Crippen molar-refractivity contribution in [3.8, 4) is 5.75 Å². The SMILES string of the molecule is CCOc1ccc(C(C)C)cc1CC(N)CC.Cl. The third-order valence-corrected chi connectivity index (χ3v) is 3.06. The first-order valence-corrected chi connectivity index (χ1v) is 6.59. The highest BCUT2D eigenvalue weighted by molar-refractivity contribution is 5.85. The Labute approximate surface area is 117 Å². The fourth-order valence-corrected chi connectivity index (χ4v) is 1.84. The van der Waals surface area contributed by atoms with Crippen LogP contribution >= 0.6 is 12.4 Å². The Morgan fingerprint density at radius 3 is 2.39 bits per heavy atom. The Hall–Kier alpha value is -0.730. The maximum absolute atomic E-state index is 6.04. The molecule has 104 valence electrons. The number of halogens is 1. The molecular formula is C15H26ClNO. The van der Waals surface area contributed by atoms with Gasteiger partial charge >= 0.3 is 0 Å². The minimum Gasteiger partial charge on any atom is -0.494 e. The van der Waals surface area contributed by atoms with E-state index in [1.807, 2.05) is 6.92 Å². The molecule has 2 N–H and O–H groups in total. The summed E-state index contributed by atoms with van der Waals surface area (Å²) in [6.45, 7) is 9.25. The maximum Gasteiger partial charge on any atom is 0.122 e. The average Bonchev–Trinajstić information content (AvgIpc) is 2.31. The van der Waals surface area contributed by atoms with Crippen molar-refractivity contribution in [3.05, 3.63) is 29.3 Å². The molecule has 18 heavy (non-hydrogen) atoms. The second kappa shape index (κ2) is 8.39. The van der Waals surface area contributed by atoms with Gasteiger partial charge in [0.15, 0.2) is 0 Å². The van der Waals surface area contributed by atoms with Crippen molar-refractivity contribution in [2.45, 2.75) is 52.5 Å². The molecule has 0 spiro atoms. The van der Waals surface area contributed by atoms with E-state index in [-0.39, 0.29) is 18.4 Å². The van der Waals surface area contributed by atoms with E-state index in [0.29, 0.717) is 12.5 Å². The van der Waals surface area contributed by atoms with Gasteiger partial charge in [-0.05, 0) is 42.9 Å². The lowest BCUT2D eigenvalue weighted by atomic mass is 9.96. The summed E-state index contributed by atoms with van der Waals surface area (Å²) >= 11 is 0. The van der Waals surface area contributed by atoms with Gasteiger partial charge in [0.25, 0.3) is 0 Å². The van der Waals surface area contributed by atoms with Gasteiger partial charge in [-0.15, -0.1) is 12.4 Å². The number of ether oxygens (including phenoxy) is 1. The van der Waals surface area contributed by atoms with Crippen molar-refractivity contribution >= 4 is 12.4 Å². The quantitative estimate of drug-likeness (QED) is 0.851. The monoisotopic (exact) mass is 271 g/mol. The van der Waals surface area contributed by atoms with Crippen molar-refractivity contribution in [2.75, 3.05) is 6.61 Å². The van der Waals surface area contributed by atoms with Crippen LogP contribution < -0.4 is 10.5 Å². The zero-order chi connectivity index (χ0) is 12.8. The second-order valence-electron chi connectivity index (χ2n) is 4.83. The van der Waals surface area contributed by atoms with Gasteiger partial charge in [0, 0.05) is 6.04 Å². The maximum atomic E-state index is 6.04. The third-order valence-electron chi connectivity index (χ3n) is 3.06. The van der Waals surface area contributed by atoms with Crippen LogP contribution in [0.5, 0.6) is 5.75 Å². The Bertz CT molecular complexity index is 352. The van der Waals surface area contributed by atoms with Gasteiger partial charge in [0.1, 0.15) is 5.75 Å². The van der Waals surface area contributed by atoms with E-state index in [1.54, 1.807) is 0 Å². The molecule has 0 aliphatic heterocycles. The van der Waals surface area contributed by atoms with E-state index in [1.165, 1.54) is 11.1 Å². The van der Waals surface area contributed by atoms with E-state index < -0.39 is 0 Å². The lowest BCUT2D eigenvalue weighted by Gasteiger charge is -2.16. The zero-order valence-corrected chi connectivity index (χ0v) is 12.7. The average molecular weight is 272 g/mol. The number of rotatable bonds is 6. The summed E-state index contributed by atoms with van der Waals surface area (Å²) < 4.78 is 5.66. The van der Waals surface area contributed by atoms with Crippen molar-refractivity contribution in [1.82, 2.24) is 0 Å². The first-order valence-electron chi connectivity index (χ1n) is 6.59. The first-order chi connectivity index (χ1) is 8.08. The zero-order valence-electron chi connectivity index (χ0n) is 11.9. The third kappa shape index (κ3) is 4.87. The second-order valence-corrected chi connectivity index (χ2v) is 4.83. The lowest BCUT2D eigenvalue weighted by molar-refractivity contribution is 0.335. The normalized spacial score (nSPS) is 12.1. The molecule has 0 saturated heterocycles.